The van der Waals surface area contributed by atoms with Crippen LogP contribution >= 0.6 is 34.8 Å². The van der Waals surface area contributed by atoms with Crippen LogP contribution in [0.1, 0.15) is 24.3 Å². The summed E-state index contributed by atoms with van der Waals surface area (Å²) in [7, 11) is 0.802. The molecule has 0 heterocycles. The van der Waals surface area contributed by atoms with E-state index >= 15 is 4.39 Å². The van der Waals surface area contributed by atoms with E-state index in [4.69, 9.17) is 34.8 Å². The molecule has 2 aliphatic rings. The third-order valence-electron chi connectivity index (χ3n) is 6.41. The highest BCUT2D eigenvalue weighted by Gasteiger charge is 2.54. The molecule has 2 atom stereocenters. The number of carbonyl (C=O) groups is 2. The van der Waals surface area contributed by atoms with Crippen molar-refractivity contribution >= 4 is 46.6 Å². The summed E-state index contributed by atoms with van der Waals surface area (Å²) >= 11 is 17.3. The maximum atomic E-state index is 15.3. The fraction of sp³-hybridized carbons (Fsp3) is 0.385. The molecule has 1 N–H and O–H groups in total. The van der Waals surface area contributed by atoms with Crippen LogP contribution in [0.4, 0.5) is 43.9 Å². The fourth-order valence-corrected chi connectivity index (χ4v) is 4.83. The first-order valence-corrected chi connectivity index (χ1v) is 13.1. The molecule has 0 radical (unpaired) electrons. The smallest absolute Gasteiger partial charge is 0.338 e. The molecule has 2 amide bonds. The molecule has 2 unspecified atom stereocenters. The molecule has 17 heteroatoms. The van der Waals surface area contributed by atoms with Crippen LogP contribution in [-0.2, 0) is 9.59 Å². The number of carbonyl (C=O) groups excluding carboxylic acids is 2. The zero-order chi connectivity index (χ0) is 32.7. The van der Waals surface area contributed by atoms with Crippen LogP contribution in [0.5, 0.6) is 0 Å². The van der Waals surface area contributed by atoms with Gasteiger partial charge in [-0.05, 0) is 42.7 Å². The molecule has 3 rings (SSSR count). The van der Waals surface area contributed by atoms with Crippen molar-refractivity contribution in [2.24, 2.45) is 5.92 Å². The van der Waals surface area contributed by atoms with Gasteiger partial charge >= 0.3 is 18.5 Å². The molecular weight excluding hydrogens is 669 g/mol. The van der Waals surface area contributed by atoms with Crippen molar-refractivity contribution in [3.63, 3.8) is 0 Å². The van der Waals surface area contributed by atoms with Crippen molar-refractivity contribution < 1.29 is 53.5 Å². The summed E-state index contributed by atoms with van der Waals surface area (Å²) in [5, 5.41) is 0.972. The monoisotopic (exact) mass is 686 g/mol. The van der Waals surface area contributed by atoms with Gasteiger partial charge in [-0.3, -0.25) is 9.59 Å². The summed E-state index contributed by atoms with van der Waals surface area (Å²) in [5.74, 6) is -9.14. The molecule has 0 bridgehead atoms. The molecule has 0 aliphatic heterocycles. The lowest BCUT2D eigenvalue weighted by Crippen LogP contribution is -2.52. The Bertz CT molecular complexity index is 1380. The summed E-state index contributed by atoms with van der Waals surface area (Å²) in [5.41, 5.74) is -5.44. The number of amides is 2. The number of likely N-dealkylation sites (N-methyl/N-ethyl adjacent to an activating group) is 1. The molecule has 1 aromatic rings. The minimum Gasteiger partial charge on any atom is -0.338 e. The Kier molecular flexibility index (Phi) is 9.99. The summed E-state index contributed by atoms with van der Waals surface area (Å²) in [6, 6.07) is 1.53. The van der Waals surface area contributed by atoms with Gasteiger partial charge in [0.2, 0.25) is 5.91 Å². The van der Waals surface area contributed by atoms with Crippen LogP contribution in [-0.4, -0.2) is 54.4 Å². The standard InChI is InChI=1S/C26H19Cl3F10N2O2/c1-41(11-24(31,32)33)22(43)23(5-6-23)40-21(42)14-4-2-3-12(7-16(14)26(37,38)39)19(30)10-15(25(34,35)36)13-8-17(27)20(29)18(28)9-13/h2-4,7-10,12,15H,5-6,11H2,1H3,(H,40,42)/b19-10-. The highest BCUT2D eigenvalue weighted by atomic mass is 35.5. The Hall–Kier alpha value is -2.71. The van der Waals surface area contributed by atoms with E-state index in [1.807, 2.05) is 5.32 Å². The lowest BCUT2D eigenvalue weighted by atomic mass is 9.94. The minimum atomic E-state index is -5.35. The van der Waals surface area contributed by atoms with Crippen molar-refractivity contribution in [1.82, 2.24) is 10.2 Å². The molecule has 43 heavy (non-hydrogen) atoms. The number of allylic oxidation sites excluding steroid dienone is 6. The third kappa shape index (κ3) is 8.48. The van der Waals surface area contributed by atoms with Crippen molar-refractivity contribution in [3.05, 3.63) is 80.1 Å². The Balaban J connectivity index is 1.95. The maximum absolute atomic E-state index is 15.3. The van der Waals surface area contributed by atoms with E-state index < -0.39 is 86.8 Å². The summed E-state index contributed by atoms with van der Waals surface area (Å²) < 4.78 is 137. The van der Waals surface area contributed by atoms with Crippen molar-refractivity contribution in [1.29, 1.82) is 0 Å². The second kappa shape index (κ2) is 12.4. The first-order chi connectivity index (χ1) is 19.6. The summed E-state index contributed by atoms with van der Waals surface area (Å²) in [6.07, 6.45) is -13.3. The number of alkyl halides is 9. The number of hydrogen-bond donors (Lipinski definition) is 1. The maximum Gasteiger partial charge on any atom is 0.416 e. The Labute approximate surface area is 252 Å². The first kappa shape index (κ1) is 34.8. The highest BCUT2D eigenvalue weighted by molar-refractivity contribution is 6.48. The Morgan fingerprint density at radius 1 is 1.05 bits per heavy atom. The summed E-state index contributed by atoms with van der Waals surface area (Å²) in [4.78, 5) is 25.7. The van der Waals surface area contributed by atoms with Gasteiger partial charge in [0.1, 0.15) is 23.8 Å². The van der Waals surface area contributed by atoms with Crippen molar-refractivity contribution in [2.75, 3.05) is 13.6 Å². The SMILES string of the molecule is CN(CC(F)(F)F)C(=O)C1(NC(=O)C2=CC=CC(/C(F)=C/C(c3cc(Cl)c(Cl)c(Cl)c3)C(F)(F)F)C=C2C(F)(F)F)CC1. The number of halogens is 13. The van der Waals surface area contributed by atoms with Gasteiger partial charge in [-0.25, -0.2) is 4.39 Å². The van der Waals surface area contributed by atoms with Gasteiger partial charge in [0.15, 0.2) is 0 Å². The molecule has 1 saturated carbocycles. The molecule has 2 aliphatic carbocycles. The van der Waals surface area contributed by atoms with E-state index in [-0.39, 0.29) is 34.9 Å². The van der Waals surface area contributed by atoms with E-state index in [9.17, 15) is 49.1 Å². The normalized spacial score (nSPS) is 19.7. The molecule has 1 fully saturated rings. The second-order valence-corrected chi connectivity index (χ2v) is 10.9. The highest BCUT2D eigenvalue weighted by Crippen LogP contribution is 2.44. The largest absolute Gasteiger partial charge is 0.416 e. The van der Waals surface area contributed by atoms with Gasteiger partial charge in [0.05, 0.1) is 26.2 Å². The number of benzene rings is 1. The number of nitrogens with zero attached hydrogens (tertiary/aromatic N) is 1. The van der Waals surface area contributed by atoms with E-state index in [1.54, 1.807) is 0 Å². The zero-order valence-corrected chi connectivity index (χ0v) is 23.8. The van der Waals surface area contributed by atoms with Crippen LogP contribution in [0.3, 0.4) is 0 Å². The van der Waals surface area contributed by atoms with Gasteiger partial charge in [0.25, 0.3) is 5.91 Å². The average Bonchev–Trinajstić information content (AvgIpc) is 3.65. The first-order valence-electron chi connectivity index (χ1n) is 12.0. The van der Waals surface area contributed by atoms with Crippen molar-refractivity contribution in [3.8, 4) is 0 Å². The van der Waals surface area contributed by atoms with Crippen LogP contribution < -0.4 is 5.32 Å². The van der Waals surface area contributed by atoms with Crippen LogP contribution in [0.15, 0.2) is 59.5 Å². The molecule has 0 saturated heterocycles. The van der Waals surface area contributed by atoms with Crippen molar-refractivity contribution in [2.45, 2.75) is 42.8 Å². The predicted octanol–water partition coefficient (Wildman–Crippen LogP) is 8.42. The lowest BCUT2D eigenvalue weighted by molar-refractivity contribution is -0.160. The molecule has 4 nitrogen and oxygen atoms in total. The van der Waals surface area contributed by atoms with E-state index in [0.717, 1.165) is 31.3 Å². The molecule has 236 valence electrons. The van der Waals surface area contributed by atoms with E-state index in [1.165, 1.54) is 0 Å². The number of hydrogen-bond acceptors (Lipinski definition) is 2. The van der Waals surface area contributed by atoms with Gasteiger partial charge in [0, 0.05) is 13.0 Å². The predicted molar refractivity (Wildman–Crippen MR) is 138 cm³/mol. The van der Waals surface area contributed by atoms with E-state index in [2.05, 4.69) is 0 Å². The Morgan fingerprint density at radius 2 is 1.60 bits per heavy atom. The number of rotatable bonds is 7. The van der Waals surface area contributed by atoms with Gasteiger partial charge < -0.3 is 10.2 Å². The quantitative estimate of drug-likeness (QED) is 0.231. The number of nitrogens with one attached hydrogen (secondary N) is 1. The third-order valence-corrected chi connectivity index (χ3v) is 7.60. The molecule has 1 aromatic carbocycles. The van der Waals surface area contributed by atoms with Gasteiger partial charge in [-0.1, -0.05) is 53.0 Å². The molecule has 0 aromatic heterocycles. The van der Waals surface area contributed by atoms with Gasteiger partial charge in [-0.2, -0.15) is 39.5 Å². The van der Waals surface area contributed by atoms with Gasteiger partial charge in [-0.15, -0.1) is 0 Å². The molecule has 0 spiro atoms. The topological polar surface area (TPSA) is 49.4 Å². The zero-order valence-electron chi connectivity index (χ0n) is 21.5. The fourth-order valence-electron chi connectivity index (χ4n) is 4.22. The second-order valence-electron chi connectivity index (χ2n) is 9.75. The van der Waals surface area contributed by atoms with Crippen LogP contribution in [0.2, 0.25) is 15.1 Å². The van der Waals surface area contributed by atoms with Crippen LogP contribution in [0, 0.1) is 5.92 Å². The van der Waals surface area contributed by atoms with Crippen LogP contribution in [0.25, 0.3) is 0 Å². The lowest BCUT2D eigenvalue weighted by Gasteiger charge is -2.26. The molecular formula is C26H19Cl3F10N2O2. The Morgan fingerprint density at radius 3 is 2.07 bits per heavy atom. The van der Waals surface area contributed by atoms with E-state index in [0.29, 0.717) is 6.08 Å². The average molecular weight is 688 g/mol. The minimum absolute atomic E-state index is 0.0226. The summed E-state index contributed by atoms with van der Waals surface area (Å²) in [6.45, 7) is -1.68.